The average molecular weight is 520 g/mol. The normalized spacial score (nSPS) is 14.2. The van der Waals surface area contributed by atoms with Crippen molar-refractivity contribution in [3.8, 4) is 0 Å². The smallest absolute Gasteiger partial charge is 0.247 e. The number of hydrogen-bond donors (Lipinski definition) is 3. The van der Waals surface area contributed by atoms with E-state index in [-0.39, 0.29) is 6.61 Å². The van der Waals surface area contributed by atoms with Crippen molar-refractivity contribution < 1.29 is 5.11 Å². The molecule has 0 spiro atoms. The molecule has 0 radical (unpaired) electrons. The molecule has 3 N–H and O–H groups in total. The number of anilines is 5. The fourth-order valence-corrected chi connectivity index (χ4v) is 4.82. The second-order valence-corrected chi connectivity index (χ2v) is 9.78. The van der Waals surface area contributed by atoms with E-state index in [1.165, 1.54) is 5.69 Å². The van der Waals surface area contributed by atoms with Gasteiger partial charge in [0.15, 0.2) is 5.65 Å². The zero-order chi connectivity index (χ0) is 25.6. The molecule has 4 heterocycles. The molecule has 1 aromatic carbocycles. The van der Waals surface area contributed by atoms with Gasteiger partial charge in [0.2, 0.25) is 5.95 Å². The number of hydrogen-bond acceptors (Lipinski definition) is 10. The lowest BCUT2D eigenvalue weighted by Gasteiger charge is -2.35. The Bertz CT molecular complexity index is 1310. The van der Waals surface area contributed by atoms with E-state index in [4.69, 9.17) is 10.1 Å². The Morgan fingerprint density at radius 1 is 1.05 bits per heavy atom. The minimum absolute atomic E-state index is 0.218. The van der Waals surface area contributed by atoms with E-state index >= 15 is 0 Å². The van der Waals surface area contributed by atoms with Crippen molar-refractivity contribution in [3.05, 3.63) is 66.5 Å². The molecule has 0 aliphatic carbocycles. The van der Waals surface area contributed by atoms with Gasteiger partial charge in [0, 0.05) is 81.9 Å². The molecule has 1 aliphatic rings. The molecule has 3 aromatic heterocycles. The third-order valence-corrected chi connectivity index (χ3v) is 7.27. The Morgan fingerprint density at radius 2 is 1.86 bits per heavy atom. The van der Waals surface area contributed by atoms with Crippen LogP contribution < -0.4 is 19.8 Å². The van der Waals surface area contributed by atoms with Gasteiger partial charge in [-0.2, -0.15) is 4.98 Å². The van der Waals surface area contributed by atoms with Gasteiger partial charge in [-0.3, -0.25) is 4.90 Å². The second kappa shape index (κ2) is 11.7. The number of piperazine rings is 1. The summed E-state index contributed by atoms with van der Waals surface area (Å²) in [5.74, 6) is 1.48. The van der Waals surface area contributed by atoms with E-state index in [0.29, 0.717) is 12.5 Å². The topological polar surface area (TPSA) is 97.1 Å². The molecule has 1 saturated heterocycles. The molecule has 0 atom stereocenters. The molecule has 0 saturated carbocycles. The highest BCUT2D eigenvalue weighted by Gasteiger charge is 2.17. The Kier molecular flexibility index (Phi) is 7.93. The number of nitrogens with zero attached hydrogens (tertiary/aromatic N) is 7. The molecule has 0 amide bonds. The maximum atomic E-state index is 9.14. The Balaban J connectivity index is 1.25. The van der Waals surface area contributed by atoms with Crippen molar-refractivity contribution in [1.29, 1.82) is 0 Å². The predicted octanol–water partition coefficient (Wildman–Crippen LogP) is 3.31. The van der Waals surface area contributed by atoms with Crippen LogP contribution in [-0.4, -0.2) is 82.2 Å². The van der Waals surface area contributed by atoms with Gasteiger partial charge in [0.1, 0.15) is 5.82 Å². The van der Waals surface area contributed by atoms with Gasteiger partial charge in [0.25, 0.3) is 0 Å². The Labute approximate surface area is 221 Å². The summed E-state index contributed by atoms with van der Waals surface area (Å²) in [7, 11) is 2.01. The average Bonchev–Trinajstić information content (AvgIpc) is 3.36. The van der Waals surface area contributed by atoms with Gasteiger partial charge < -0.3 is 24.9 Å². The molecule has 4 aromatic rings. The number of aliphatic hydroxyl groups excluding tert-OH is 1. The quantitative estimate of drug-likeness (QED) is 0.271. The first kappa shape index (κ1) is 25.1. The van der Waals surface area contributed by atoms with Gasteiger partial charge in [-0.15, -0.1) is 5.10 Å². The molecular weight excluding hydrogens is 486 g/mol. The van der Waals surface area contributed by atoms with E-state index < -0.39 is 0 Å². The van der Waals surface area contributed by atoms with Gasteiger partial charge in [0.05, 0.1) is 12.3 Å². The van der Waals surface area contributed by atoms with Crippen molar-refractivity contribution in [2.75, 3.05) is 72.5 Å². The van der Waals surface area contributed by atoms with Crippen LogP contribution in [0.4, 0.5) is 28.8 Å². The summed E-state index contributed by atoms with van der Waals surface area (Å²) < 4.78 is 3.84. The van der Waals surface area contributed by atoms with Gasteiger partial charge in [-0.25, -0.2) is 9.50 Å². The molecular formula is C26H33N9OS. The van der Waals surface area contributed by atoms with Crippen molar-refractivity contribution in [3.63, 3.8) is 0 Å². The van der Waals surface area contributed by atoms with Crippen LogP contribution in [0.3, 0.4) is 0 Å². The van der Waals surface area contributed by atoms with Crippen molar-refractivity contribution in [2.45, 2.75) is 6.54 Å². The monoisotopic (exact) mass is 519 g/mol. The number of benzene rings is 1. The summed E-state index contributed by atoms with van der Waals surface area (Å²) in [5, 5.41) is 20.6. The highest BCUT2D eigenvalue weighted by atomic mass is 32.2. The van der Waals surface area contributed by atoms with E-state index in [2.05, 4.69) is 65.2 Å². The van der Waals surface area contributed by atoms with Crippen LogP contribution in [0.1, 0.15) is 5.56 Å². The highest BCUT2D eigenvalue weighted by Crippen LogP contribution is 2.25. The Hall–Kier alpha value is -3.54. The first-order valence-corrected chi connectivity index (χ1v) is 13.6. The zero-order valence-corrected chi connectivity index (χ0v) is 22.0. The predicted molar refractivity (Wildman–Crippen MR) is 152 cm³/mol. The molecule has 37 heavy (non-hydrogen) atoms. The van der Waals surface area contributed by atoms with Gasteiger partial charge in [-0.1, -0.05) is 18.0 Å². The van der Waals surface area contributed by atoms with Crippen LogP contribution in [0, 0.1) is 0 Å². The van der Waals surface area contributed by atoms with Crippen molar-refractivity contribution in [2.24, 2.45) is 0 Å². The molecule has 0 bridgehead atoms. The summed E-state index contributed by atoms with van der Waals surface area (Å²) >= 11 is 1.63. The lowest BCUT2D eigenvalue weighted by Crippen LogP contribution is -2.47. The third-order valence-electron chi connectivity index (χ3n) is 6.55. The number of nitrogens with one attached hydrogen (secondary N) is 2. The largest absolute Gasteiger partial charge is 0.395 e. The Morgan fingerprint density at radius 3 is 2.62 bits per heavy atom. The summed E-state index contributed by atoms with van der Waals surface area (Å²) in [6.07, 6.45) is 5.75. The van der Waals surface area contributed by atoms with Crippen LogP contribution in [-0.2, 0) is 6.54 Å². The van der Waals surface area contributed by atoms with E-state index in [9.17, 15) is 0 Å². The molecule has 194 valence electrons. The van der Waals surface area contributed by atoms with Crippen LogP contribution in [0.15, 0.2) is 60.9 Å². The fraction of sp³-hybridized carbons (Fsp3) is 0.346. The van der Waals surface area contributed by atoms with Gasteiger partial charge in [-0.05, 0) is 42.5 Å². The van der Waals surface area contributed by atoms with Crippen LogP contribution in [0.2, 0.25) is 0 Å². The number of aliphatic hydroxyl groups is 1. The minimum atomic E-state index is 0.218. The number of β-amino-alcohol motifs (C(OH)–C–C–N with tert-alkyl or cyclic N) is 1. The highest BCUT2D eigenvalue weighted by molar-refractivity contribution is 7.99. The van der Waals surface area contributed by atoms with E-state index in [0.717, 1.165) is 61.1 Å². The maximum absolute atomic E-state index is 9.14. The lowest BCUT2D eigenvalue weighted by atomic mass is 10.2. The van der Waals surface area contributed by atoms with E-state index in [1.807, 2.05) is 43.9 Å². The molecule has 1 aliphatic heterocycles. The third kappa shape index (κ3) is 5.90. The number of aromatic nitrogens is 4. The molecule has 10 nitrogen and oxygen atoms in total. The fourth-order valence-electron chi connectivity index (χ4n) is 4.48. The number of fused-ring (bicyclic) bond motifs is 1. The van der Waals surface area contributed by atoms with Crippen molar-refractivity contribution in [1.82, 2.24) is 24.5 Å². The zero-order valence-electron chi connectivity index (χ0n) is 21.2. The van der Waals surface area contributed by atoms with Gasteiger partial charge >= 0.3 is 0 Å². The number of rotatable bonds is 10. The minimum Gasteiger partial charge on any atom is -0.395 e. The molecule has 5 rings (SSSR count). The SMILES string of the molecule is CSN(C)c1ncccc1CNc1cccn2nc(Nc3ccc(N4CCN(CCO)CC4)cc3)nc12. The number of pyridine rings is 2. The standard InChI is InChI=1S/C26H33N9OS/c1-32(37-2)24-20(5-3-11-27-24)19-28-23-6-4-12-35-25(23)30-26(31-35)29-21-7-9-22(10-8-21)34-15-13-33(14-16-34)17-18-36/h3-12,28,36H,13-19H2,1-2H3,(H,29,31). The van der Waals surface area contributed by atoms with Crippen LogP contribution >= 0.6 is 11.9 Å². The molecule has 11 heteroatoms. The summed E-state index contributed by atoms with van der Waals surface area (Å²) in [4.78, 5) is 13.9. The second-order valence-electron chi connectivity index (χ2n) is 8.87. The van der Waals surface area contributed by atoms with Crippen LogP contribution in [0.5, 0.6) is 0 Å². The first-order chi connectivity index (χ1) is 18.1. The summed E-state index contributed by atoms with van der Waals surface area (Å²) in [6, 6.07) is 16.4. The molecule has 0 unspecified atom stereocenters. The maximum Gasteiger partial charge on any atom is 0.247 e. The summed E-state index contributed by atoms with van der Waals surface area (Å²) in [6.45, 7) is 5.46. The van der Waals surface area contributed by atoms with E-state index in [1.54, 1.807) is 16.5 Å². The lowest BCUT2D eigenvalue weighted by molar-refractivity contribution is 0.189. The first-order valence-electron chi connectivity index (χ1n) is 12.4. The van der Waals surface area contributed by atoms with Crippen LogP contribution in [0.25, 0.3) is 5.65 Å². The summed E-state index contributed by atoms with van der Waals surface area (Å²) in [5.41, 5.74) is 4.90. The molecule has 1 fully saturated rings. The van der Waals surface area contributed by atoms with Crippen molar-refractivity contribution >= 4 is 46.4 Å².